The van der Waals surface area contributed by atoms with Gasteiger partial charge in [-0.15, -0.1) is 0 Å². The van der Waals surface area contributed by atoms with E-state index in [1.54, 1.807) is 3.59 Å². The first-order chi connectivity index (χ1) is 12.1. The summed E-state index contributed by atoms with van der Waals surface area (Å²) in [6.45, 7) is 15.0. The maximum atomic E-state index is 4.68. The van der Waals surface area contributed by atoms with Crippen LogP contribution in [-0.4, -0.2) is 24.9 Å². The molecule has 1 nitrogen and oxygen atoms in total. The molecule has 1 aromatic carbocycles. The molecule has 1 aromatic rings. The Labute approximate surface area is 161 Å². The Morgan fingerprint density at radius 2 is 1.40 bits per heavy atom. The Hall–Kier alpha value is -0.281. The first-order valence-electron chi connectivity index (χ1n) is 10.6. The first-order valence-corrected chi connectivity index (χ1v) is 18.0. The number of hydrogen-bond donors (Lipinski definition) is 1. The molecule has 0 heterocycles. The van der Waals surface area contributed by atoms with E-state index in [4.69, 9.17) is 0 Å². The molecule has 2 heteroatoms. The number of rotatable bonds is 14. The Bertz CT molecular complexity index is 446. The second-order valence-electron chi connectivity index (χ2n) is 7.71. The molecule has 0 amide bonds. The van der Waals surface area contributed by atoms with E-state index in [9.17, 15) is 0 Å². The molecular weight excluding hydrogens is 409 g/mol. The molecule has 0 fully saturated rings. The van der Waals surface area contributed by atoms with E-state index in [0.717, 1.165) is 6.54 Å². The van der Waals surface area contributed by atoms with Crippen LogP contribution < -0.4 is 5.32 Å². The third-order valence-electron chi connectivity index (χ3n) is 5.70. The van der Waals surface area contributed by atoms with Crippen molar-refractivity contribution >= 4 is 18.4 Å². The van der Waals surface area contributed by atoms with E-state index < -0.39 is 18.4 Å². The van der Waals surface area contributed by atoms with Crippen molar-refractivity contribution in [2.24, 2.45) is 0 Å². The minimum atomic E-state index is -2.27. The van der Waals surface area contributed by atoms with Crippen LogP contribution in [0.3, 0.4) is 0 Å². The minimum absolute atomic E-state index is 0.408. The fraction of sp³-hybridized carbons (Fsp3) is 0.652. The third-order valence-corrected chi connectivity index (χ3v) is 21.7. The molecule has 0 radical (unpaired) electrons. The van der Waals surface area contributed by atoms with Crippen molar-refractivity contribution in [1.29, 1.82) is 0 Å². The van der Waals surface area contributed by atoms with Gasteiger partial charge in [-0.1, -0.05) is 0 Å². The van der Waals surface area contributed by atoms with Crippen LogP contribution in [0.2, 0.25) is 13.3 Å². The predicted molar refractivity (Wildman–Crippen MR) is 117 cm³/mol. The van der Waals surface area contributed by atoms with Crippen LogP contribution in [0.15, 0.2) is 40.5 Å². The van der Waals surface area contributed by atoms with E-state index in [1.807, 2.05) is 0 Å². The molecule has 25 heavy (non-hydrogen) atoms. The molecule has 1 rings (SSSR count). The van der Waals surface area contributed by atoms with Crippen molar-refractivity contribution in [1.82, 2.24) is 5.32 Å². The van der Waals surface area contributed by atoms with Gasteiger partial charge in [0.15, 0.2) is 0 Å². The zero-order valence-corrected chi connectivity index (χ0v) is 20.1. The molecule has 0 aliphatic carbocycles. The molecular formula is C23H41NSn. The topological polar surface area (TPSA) is 12.0 Å². The summed E-state index contributed by atoms with van der Waals surface area (Å²) in [5.74, 6) is 0. The first kappa shape index (κ1) is 22.8. The van der Waals surface area contributed by atoms with Crippen LogP contribution in [0, 0.1) is 0 Å². The fourth-order valence-electron chi connectivity index (χ4n) is 3.77. The maximum absolute atomic E-state index is 4.68. The predicted octanol–water partition coefficient (Wildman–Crippen LogP) is 7.28. The molecule has 0 aromatic heterocycles. The molecule has 0 spiro atoms. The summed E-state index contributed by atoms with van der Waals surface area (Å²) in [7, 11) is 0. The summed E-state index contributed by atoms with van der Waals surface area (Å²) in [4.78, 5) is 0. The quantitative estimate of drug-likeness (QED) is 0.294. The van der Waals surface area contributed by atoms with Crippen LogP contribution in [-0.2, 0) is 0 Å². The molecule has 0 saturated heterocycles. The van der Waals surface area contributed by atoms with Crippen LogP contribution in [0.1, 0.15) is 77.8 Å². The second-order valence-corrected chi connectivity index (χ2v) is 21.3. The second kappa shape index (κ2) is 13.0. The Balaban J connectivity index is 2.77. The van der Waals surface area contributed by atoms with Crippen molar-refractivity contribution in [2.75, 3.05) is 6.54 Å². The van der Waals surface area contributed by atoms with E-state index in [0.29, 0.717) is 6.04 Å². The van der Waals surface area contributed by atoms with Crippen LogP contribution >= 0.6 is 0 Å². The van der Waals surface area contributed by atoms with Crippen LogP contribution in [0.4, 0.5) is 0 Å². The van der Waals surface area contributed by atoms with Crippen molar-refractivity contribution in [3.8, 4) is 0 Å². The number of benzene rings is 1. The molecule has 142 valence electrons. The zero-order chi connectivity index (χ0) is 18.5. The summed E-state index contributed by atoms with van der Waals surface area (Å²) < 4.78 is 6.20. The molecule has 1 N–H and O–H groups in total. The molecule has 0 aliphatic rings. The Morgan fingerprint density at radius 1 is 0.920 bits per heavy atom. The van der Waals surface area contributed by atoms with E-state index in [2.05, 4.69) is 69.9 Å². The normalized spacial score (nSPS) is 13.0. The Kier molecular flexibility index (Phi) is 11.8. The van der Waals surface area contributed by atoms with Gasteiger partial charge in [0.25, 0.3) is 0 Å². The average molecular weight is 450 g/mol. The molecule has 0 bridgehead atoms. The standard InChI is InChI=1S/C11H14N.3C4H9.Sn/c1-3-9-12-10(2)11-7-5-4-6-8-11;3*1-3-4-2;/h4-8,10,12H,1,9H2,2H3;3*1,3-4H2,2H3;. The van der Waals surface area contributed by atoms with E-state index in [-0.39, 0.29) is 0 Å². The van der Waals surface area contributed by atoms with Gasteiger partial charge in [0, 0.05) is 0 Å². The van der Waals surface area contributed by atoms with Gasteiger partial charge >= 0.3 is 162 Å². The van der Waals surface area contributed by atoms with Gasteiger partial charge in [0.05, 0.1) is 0 Å². The molecule has 0 saturated carbocycles. The van der Waals surface area contributed by atoms with Gasteiger partial charge in [-0.3, -0.25) is 0 Å². The summed E-state index contributed by atoms with van der Waals surface area (Å²) >= 11 is -2.27. The third kappa shape index (κ3) is 7.86. The van der Waals surface area contributed by atoms with Gasteiger partial charge in [-0.25, -0.2) is 0 Å². The van der Waals surface area contributed by atoms with Gasteiger partial charge in [-0.05, 0) is 0 Å². The van der Waals surface area contributed by atoms with Crippen LogP contribution in [0.25, 0.3) is 0 Å². The number of unbranched alkanes of at least 4 members (excludes halogenated alkanes) is 3. The number of hydrogen-bond acceptors (Lipinski definition) is 1. The summed E-state index contributed by atoms with van der Waals surface area (Å²) in [5, 5.41) is 3.79. The summed E-state index contributed by atoms with van der Waals surface area (Å²) in [6, 6.07) is 11.2. The average Bonchev–Trinajstić information content (AvgIpc) is 2.66. The number of nitrogens with one attached hydrogen (secondary N) is 1. The van der Waals surface area contributed by atoms with Gasteiger partial charge < -0.3 is 0 Å². The SMILES string of the molecule is C=[C](CNC(C)c1ccccc1)[Sn]([CH2]CCC)([CH2]CCC)[CH2]CCC. The fourth-order valence-corrected chi connectivity index (χ4v) is 19.1. The van der Waals surface area contributed by atoms with Crippen molar-refractivity contribution in [3.63, 3.8) is 0 Å². The van der Waals surface area contributed by atoms with Crippen molar-refractivity contribution in [3.05, 3.63) is 46.1 Å². The van der Waals surface area contributed by atoms with Gasteiger partial charge in [0.1, 0.15) is 0 Å². The summed E-state index contributed by atoms with van der Waals surface area (Å²) in [6.07, 6.45) is 8.23. The zero-order valence-electron chi connectivity index (χ0n) is 17.2. The monoisotopic (exact) mass is 451 g/mol. The van der Waals surface area contributed by atoms with Crippen molar-refractivity contribution in [2.45, 2.75) is 85.6 Å². The summed E-state index contributed by atoms with van der Waals surface area (Å²) in [5.41, 5.74) is 1.38. The van der Waals surface area contributed by atoms with Crippen LogP contribution in [0.5, 0.6) is 0 Å². The van der Waals surface area contributed by atoms with Gasteiger partial charge in [-0.2, -0.15) is 0 Å². The van der Waals surface area contributed by atoms with Gasteiger partial charge in [0.2, 0.25) is 0 Å². The molecule has 1 unspecified atom stereocenters. The Morgan fingerprint density at radius 3 is 1.84 bits per heavy atom. The van der Waals surface area contributed by atoms with E-state index >= 15 is 0 Å². The molecule has 1 atom stereocenters. The van der Waals surface area contributed by atoms with E-state index in [1.165, 1.54) is 57.4 Å². The molecule has 0 aliphatic heterocycles. The van der Waals surface area contributed by atoms with Crippen molar-refractivity contribution < 1.29 is 0 Å².